The van der Waals surface area contributed by atoms with Crippen LogP contribution in [0, 0.1) is 6.92 Å². The molecule has 0 bridgehead atoms. The molecule has 18 heavy (non-hydrogen) atoms. The summed E-state index contributed by atoms with van der Waals surface area (Å²) in [6.07, 6.45) is 0. The van der Waals surface area contributed by atoms with Crippen LogP contribution in [0.15, 0.2) is 22.7 Å². The lowest BCUT2D eigenvalue weighted by Crippen LogP contribution is -2.46. The minimum absolute atomic E-state index is 0.324. The summed E-state index contributed by atoms with van der Waals surface area (Å²) in [7, 11) is 1.53. The van der Waals surface area contributed by atoms with Crippen molar-refractivity contribution < 1.29 is 14.7 Å². The molecule has 0 aromatic heterocycles. The molecular weight excluding hydrogens is 300 g/mol. The predicted octanol–water partition coefficient (Wildman–Crippen LogP) is 1.13. The van der Waals surface area contributed by atoms with Gasteiger partial charge in [-0.05, 0) is 30.2 Å². The number of benzene rings is 1. The molecule has 0 radical (unpaired) electrons. The molecule has 98 valence electrons. The van der Waals surface area contributed by atoms with E-state index in [1.807, 2.05) is 25.1 Å². The Morgan fingerprint density at radius 3 is 2.67 bits per heavy atom. The van der Waals surface area contributed by atoms with Gasteiger partial charge in [0, 0.05) is 18.1 Å². The van der Waals surface area contributed by atoms with E-state index >= 15 is 0 Å². The lowest BCUT2D eigenvalue weighted by atomic mass is 10.1. The second kappa shape index (κ2) is 5.97. The zero-order chi connectivity index (χ0) is 13.9. The summed E-state index contributed by atoms with van der Waals surface area (Å²) < 4.78 is 0.909. The van der Waals surface area contributed by atoms with Gasteiger partial charge in [-0.1, -0.05) is 22.0 Å². The van der Waals surface area contributed by atoms with Crippen LogP contribution in [-0.4, -0.2) is 35.0 Å². The Bertz CT molecular complexity index is 476. The van der Waals surface area contributed by atoms with Gasteiger partial charge in [0.2, 0.25) is 0 Å². The quantitative estimate of drug-likeness (QED) is 0.816. The van der Waals surface area contributed by atoms with Gasteiger partial charge in [0.1, 0.15) is 0 Å². The Hall–Kier alpha value is -1.40. The van der Waals surface area contributed by atoms with Crippen LogP contribution in [0.1, 0.15) is 11.1 Å². The summed E-state index contributed by atoms with van der Waals surface area (Å²) in [5.41, 5.74) is 7.25. The van der Waals surface area contributed by atoms with Crippen molar-refractivity contribution in [2.75, 3.05) is 7.05 Å². The number of hydrogen-bond donors (Lipinski definition) is 2. The number of aryl methyl sites for hydroxylation is 1. The molecule has 0 aliphatic heterocycles. The first-order valence-electron chi connectivity index (χ1n) is 5.31. The summed E-state index contributed by atoms with van der Waals surface area (Å²) in [5, 5.41) is 8.69. The van der Waals surface area contributed by atoms with Gasteiger partial charge in [-0.15, -0.1) is 0 Å². The molecule has 1 unspecified atom stereocenters. The molecule has 5 nitrogen and oxygen atoms in total. The number of nitrogens with two attached hydrogens (primary N) is 1. The van der Waals surface area contributed by atoms with E-state index in [1.165, 1.54) is 11.9 Å². The number of likely N-dealkylation sites (N-methyl/N-ethyl adjacent to an activating group) is 1. The maximum Gasteiger partial charge on any atom is 0.330 e. The van der Waals surface area contributed by atoms with Gasteiger partial charge in [-0.25, -0.2) is 4.79 Å². The smallest absolute Gasteiger partial charge is 0.330 e. The Morgan fingerprint density at radius 1 is 1.50 bits per heavy atom. The molecule has 1 aromatic carbocycles. The number of nitrogens with zero attached hydrogens (tertiary/aromatic N) is 1. The first-order valence-corrected chi connectivity index (χ1v) is 6.10. The van der Waals surface area contributed by atoms with Crippen LogP contribution in [0.25, 0.3) is 0 Å². The lowest BCUT2D eigenvalue weighted by Gasteiger charge is -2.20. The van der Waals surface area contributed by atoms with Crippen molar-refractivity contribution in [1.29, 1.82) is 0 Å². The Labute approximate surface area is 114 Å². The van der Waals surface area contributed by atoms with Gasteiger partial charge >= 0.3 is 5.97 Å². The van der Waals surface area contributed by atoms with Crippen LogP contribution in [0.5, 0.6) is 0 Å². The first kappa shape index (κ1) is 14.7. The van der Waals surface area contributed by atoms with Crippen molar-refractivity contribution in [3.8, 4) is 0 Å². The van der Waals surface area contributed by atoms with Gasteiger partial charge in [0.15, 0.2) is 6.04 Å². The second-order valence-electron chi connectivity index (χ2n) is 4.08. The molecule has 6 heteroatoms. The normalized spacial score (nSPS) is 12.0. The summed E-state index contributed by atoms with van der Waals surface area (Å²) >= 11 is 3.35. The molecule has 0 spiro atoms. The summed E-state index contributed by atoms with van der Waals surface area (Å²) in [6.45, 7) is 2.25. The zero-order valence-electron chi connectivity index (χ0n) is 10.2. The van der Waals surface area contributed by atoms with Gasteiger partial charge in [-0.2, -0.15) is 0 Å². The largest absolute Gasteiger partial charge is 0.480 e. The maximum absolute atomic E-state index is 11.7. The van der Waals surface area contributed by atoms with E-state index in [2.05, 4.69) is 15.9 Å². The van der Waals surface area contributed by atoms with Crippen molar-refractivity contribution in [2.45, 2.75) is 19.5 Å². The molecule has 1 aromatic rings. The zero-order valence-corrected chi connectivity index (χ0v) is 11.8. The third-order valence-corrected chi connectivity index (χ3v) is 3.12. The number of rotatable bonds is 4. The number of aliphatic carboxylic acids is 1. The topological polar surface area (TPSA) is 83.6 Å². The predicted molar refractivity (Wildman–Crippen MR) is 71.0 cm³/mol. The molecule has 1 amide bonds. The van der Waals surface area contributed by atoms with Gasteiger partial charge in [0.25, 0.3) is 5.91 Å². The van der Waals surface area contributed by atoms with Crippen LogP contribution >= 0.6 is 15.9 Å². The monoisotopic (exact) mass is 314 g/mol. The molecule has 1 rings (SSSR count). The third-order valence-electron chi connectivity index (χ3n) is 2.63. The number of halogens is 1. The van der Waals surface area contributed by atoms with Crippen molar-refractivity contribution in [3.05, 3.63) is 33.8 Å². The van der Waals surface area contributed by atoms with Crippen LogP contribution in [0.2, 0.25) is 0 Å². The Balaban J connectivity index is 2.81. The van der Waals surface area contributed by atoms with E-state index in [1.54, 1.807) is 0 Å². The van der Waals surface area contributed by atoms with Crippen LogP contribution in [0.4, 0.5) is 0 Å². The molecule has 0 saturated heterocycles. The van der Waals surface area contributed by atoms with Crippen LogP contribution in [0.3, 0.4) is 0 Å². The third kappa shape index (κ3) is 3.54. The number of carboxylic acids is 1. The molecule has 0 aliphatic carbocycles. The Morgan fingerprint density at radius 2 is 2.11 bits per heavy atom. The summed E-state index contributed by atoms with van der Waals surface area (Å²) in [6, 6.07) is 4.21. The second-order valence-corrected chi connectivity index (χ2v) is 5.00. The van der Waals surface area contributed by atoms with Gasteiger partial charge < -0.3 is 15.7 Å². The van der Waals surface area contributed by atoms with Gasteiger partial charge in [-0.3, -0.25) is 4.79 Å². The van der Waals surface area contributed by atoms with Crippen molar-refractivity contribution in [1.82, 2.24) is 4.90 Å². The number of carboxylic acid groups (broad SMARTS) is 1. The van der Waals surface area contributed by atoms with E-state index in [9.17, 15) is 9.59 Å². The van der Waals surface area contributed by atoms with Crippen molar-refractivity contribution in [3.63, 3.8) is 0 Å². The van der Waals surface area contributed by atoms with E-state index < -0.39 is 17.9 Å². The van der Waals surface area contributed by atoms with E-state index in [0.717, 1.165) is 15.6 Å². The van der Waals surface area contributed by atoms with E-state index in [4.69, 9.17) is 10.8 Å². The Kier molecular flexibility index (Phi) is 4.86. The van der Waals surface area contributed by atoms with Crippen LogP contribution < -0.4 is 5.73 Å². The standard InChI is InChI=1S/C12H15BrN2O3/c1-7-3-4-9(13)5-8(7)6-15(2)11(16)10(14)12(17)18/h3-5,10H,6,14H2,1-2H3,(H,17,18). The van der Waals surface area contributed by atoms with E-state index in [0.29, 0.717) is 6.54 Å². The maximum atomic E-state index is 11.7. The molecule has 0 saturated carbocycles. The molecule has 1 atom stereocenters. The number of hydrogen-bond acceptors (Lipinski definition) is 3. The fourth-order valence-electron chi connectivity index (χ4n) is 1.49. The fraction of sp³-hybridized carbons (Fsp3) is 0.333. The molecule has 0 aliphatic rings. The SMILES string of the molecule is Cc1ccc(Br)cc1CN(C)C(=O)C(N)C(=O)O. The highest BCUT2D eigenvalue weighted by Crippen LogP contribution is 2.17. The molecular formula is C12H15BrN2O3. The minimum atomic E-state index is -1.51. The number of carbonyl (C=O) groups is 2. The molecule has 0 fully saturated rings. The lowest BCUT2D eigenvalue weighted by molar-refractivity contribution is -0.146. The minimum Gasteiger partial charge on any atom is -0.480 e. The molecule has 0 heterocycles. The number of amides is 1. The summed E-state index contributed by atoms with van der Waals surface area (Å²) in [4.78, 5) is 23.6. The van der Waals surface area contributed by atoms with Crippen LogP contribution in [-0.2, 0) is 16.1 Å². The number of carbonyl (C=O) groups excluding carboxylic acids is 1. The first-order chi connectivity index (χ1) is 8.32. The highest BCUT2D eigenvalue weighted by atomic mass is 79.9. The fourth-order valence-corrected chi connectivity index (χ4v) is 1.90. The highest BCUT2D eigenvalue weighted by Gasteiger charge is 2.24. The average molecular weight is 315 g/mol. The average Bonchev–Trinajstić information content (AvgIpc) is 2.31. The highest BCUT2D eigenvalue weighted by molar-refractivity contribution is 9.10. The van der Waals surface area contributed by atoms with E-state index in [-0.39, 0.29) is 0 Å². The molecule has 3 N–H and O–H groups in total. The van der Waals surface area contributed by atoms with Crippen molar-refractivity contribution >= 4 is 27.8 Å². The van der Waals surface area contributed by atoms with Crippen molar-refractivity contribution in [2.24, 2.45) is 5.73 Å². The summed E-state index contributed by atoms with van der Waals surface area (Å²) in [5.74, 6) is -1.93. The van der Waals surface area contributed by atoms with Gasteiger partial charge in [0.05, 0.1) is 0 Å².